The molecule has 2 rings (SSSR count). The number of nitrogen functional groups attached to an aromatic ring is 1. The molecule has 0 bridgehead atoms. The van der Waals surface area contributed by atoms with Crippen LogP contribution in [0.25, 0.3) is 0 Å². The van der Waals surface area contributed by atoms with Crippen LogP contribution < -0.4 is 16.4 Å². The first kappa shape index (κ1) is 17.8. The van der Waals surface area contributed by atoms with Gasteiger partial charge in [0, 0.05) is 17.6 Å². The molecule has 1 amide bonds. The maximum Gasteiger partial charge on any atom is 0.335 e. The van der Waals surface area contributed by atoms with E-state index < -0.39 is 11.9 Å². The van der Waals surface area contributed by atoms with Crippen LogP contribution in [-0.4, -0.2) is 17.0 Å². The summed E-state index contributed by atoms with van der Waals surface area (Å²) in [5.74, 6) is -1.72. The van der Waals surface area contributed by atoms with Crippen molar-refractivity contribution in [2.45, 2.75) is 0 Å². The smallest absolute Gasteiger partial charge is 0.335 e. The van der Waals surface area contributed by atoms with Gasteiger partial charge in [-0.2, -0.15) is 5.26 Å². The highest BCUT2D eigenvalue weighted by Gasteiger charge is 2.10. The molecule has 0 saturated heterocycles. The molecule has 2 aromatic carbocycles. The molecule has 8 heteroatoms. The van der Waals surface area contributed by atoms with E-state index in [0.717, 1.165) is 0 Å². The monoisotopic (exact) mass is 356 g/mol. The molecule has 0 fully saturated rings. The predicted octanol–water partition coefficient (Wildman–Crippen LogP) is 3.08. The lowest BCUT2D eigenvalue weighted by atomic mass is 10.2. The van der Waals surface area contributed by atoms with Crippen molar-refractivity contribution in [3.8, 4) is 6.07 Å². The number of aromatic carboxylic acids is 1. The van der Waals surface area contributed by atoms with Crippen molar-refractivity contribution < 1.29 is 14.7 Å². The van der Waals surface area contributed by atoms with Gasteiger partial charge in [-0.25, -0.2) is 4.79 Å². The van der Waals surface area contributed by atoms with Gasteiger partial charge in [0.1, 0.15) is 11.6 Å². The van der Waals surface area contributed by atoms with E-state index in [-0.39, 0.29) is 11.1 Å². The van der Waals surface area contributed by atoms with Crippen LogP contribution >= 0.6 is 11.6 Å². The molecule has 7 nitrogen and oxygen atoms in total. The third-order valence-electron chi connectivity index (χ3n) is 3.12. The number of nitriles is 1. The molecule has 0 aliphatic rings. The molecule has 0 atom stereocenters. The molecule has 25 heavy (non-hydrogen) atoms. The second kappa shape index (κ2) is 7.86. The molecule has 0 unspecified atom stereocenters. The van der Waals surface area contributed by atoms with Crippen molar-refractivity contribution in [1.82, 2.24) is 0 Å². The number of benzene rings is 2. The summed E-state index contributed by atoms with van der Waals surface area (Å²) in [7, 11) is 0. The quantitative estimate of drug-likeness (QED) is 0.370. The highest BCUT2D eigenvalue weighted by Crippen LogP contribution is 2.24. The number of nitrogens with one attached hydrogen (secondary N) is 2. The van der Waals surface area contributed by atoms with Crippen LogP contribution in [0.3, 0.4) is 0 Å². The third-order valence-corrected chi connectivity index (χ3v) is 3.43. The Hall–Kier alpha value is -3.50. The van der Waals surface area contributed by atoms with Gasteiger partial charge in [-0.15, -0.1) is 0 Å². The zero-order valence-electron chi connectivity index (χ0n) is 12.8. The molecule has 0 aliphatic heterocycles. The number of carboxylic acids is 1. The fourth-order valence-corrected chi connectivity index (χ4v) is 2.09. The number of carbonyl (C=O) groups is 2. The number of halogens is 1. The molecule has 0 heterocycles. The van der Waals surface area contributed by atoms with E-state index in [4.69, 9.17) is 27.7 Å². The number of anilines is 3. The first-order valence-corrected chi connectivity index (χ1v) is 7.35. The van der Waals surface area contributed by atoms with Crippen molar-refractivity contribution >= 4 is 40.5 Å². The molecular weight excluding hydrogens is 344 g/mol. The Morgan fingerprint density at radius 3 is 2.44 bits per heavy atom. The number of hydrogen-bond acceptors (Lipinski definition) is 5. The summed E-state index contributed by atoms with van der Waals surface area (Å²) in [5.41, 5.74) is 6.84. The summed E-state index contributed by atoms with van der Waals surface area (Å²) in [6, 6.07) is 12.1. The number of amides is 1. The highest BCUT2D eigenvalue weighted by molar-refractivity contribution is 6.33. The molecule has 0 radical (unpaired) electrons. The normalized spacial score (nSPS) is 10.6. The predicted molar refractivity (Wildman–Crippen MR) is 95.2 cm³/mol. The Morgan fingerprint density at radius 2 is 1.88 bits per heavy atom. The van der Waals surface area contributed by atoms with Gasteiger partial charge in [0.15, 0.2) is 0 Å². The SMILES string of the molecule is N#C/C(=C/Nc1ccc(N)cc1Cl)C(=O)Nc1ccc(C(=O)O)cc1. The zero-order valence-corrected chi connectivity index (χ0v) is 13.5. The minimum atomic E-state index is -1.07. The maximum absolute atomic E-state index is 12.1. The Morgan fingerprint density at radius 1 is 1.20 bits per heavy atom. The van der Waals surface area contributed by atoms with Gasteiger partial charge in [-0.3, -0.25) is 4.79 Å². The van der Waals surface area contributed by atoms with Crippen LogP contribution in [0, 0.1) is 11.3 Å². The molecular formula is C17H13ClN4O3. The van der Waals surface area contributed by atoms with E-state index in [1.807, 2.05) is 0 Å². The van der Waals surface area contributed by atoms with Crippen LogP contribution in [0.4, 0.5) is 17.1 Å². The van der Waals surface area contributed by atoms with Crippen molar-refractivity contribution in [2.75, 3.05) is 16.4 Å². The summed E-state index contributed by atoms with van der Waals surface area (Å²) in [5, 5.41) is 23.6. The van der Waals surface area contributed by atoms with Gasteiger partial charge in [0.25, 0.3) is 5.91 Å². The molecule has 2 aromatic rings. The summed E-state index contributed by atoms with van der Waals surface area (Å²) in [4.78, 5) is 22.9. The van der Waals surface area contributed by atoms with E-state index in [1.54, 1.807) is 18.2 Å². The van der Waals surface area contributed by atoms with E-state index in [0.29, 0.717) is 22.1 Å². The van der Waals surface area contributed by atoms with Crippen LogP contribution in [0.1, 0.15) is 10.4 Å². The maximum atomic E-state index is 12.1. The topological polar surface area (TPSA) is 128 Å². The summed E-state index contributed by atoms with van der Waals surface area (Å²) >= 11 is 6.00. The summed E-state index contributed by atoms with van der Waals surface area (Å²) in [6.45, 7) is 0. The first-order chi connectivity index (χ1) is 11.9. The lowest BCUT2D eigenvalue weighted by Crippen LogP contribution is -2.14. The van der Waals surface area contributed by atoms with E-state index in [1.165, 1.54) is 36.5 Å². The Bertz CT molecular complexity index is 886. The molecule has 126 valence electrons. The number of nitrogens with zero attached hydrogens (tertiary/aromatic N) is 1. The fourth-order valence-electron chi connectivity index (χ4n) is 1.84. The van der Waals surface area contributed by atoms with Gasteiger partial charge in [0.2, 0.25) is 0 Å². The van der Waals surface area contributed by atoms with Gasteiger partial charge in [0.05, 0.1) is 16.3 Å². The minimum Gasteiger partial charge on any atom is -0.478 e. The average molecular weight is 357 g/mol. The van der Waals surface area contributed by atoms with Gasteiger partial charge >= 0.3 is 5.97 Å². The van der Waals surface area contributed by atoms with E-state index in [2.05, 4.69) is 10.6 Å². The largest absolute Gasteiger partial charge is 0.478 e. The molecule has 5 N–H and O–H groups in total. The van der Waals surface area contributed by atoms with Crippen LogP contribution in [0.15, 0.2) is 54.2 Å². The molecule has 0 aliphatic carbocycles. The summed E-state index contributed by atoms with van der Waals surface area (Å²) in [6.07, 6.45) is 1.22. The number of nitrogens with two attached hydrogens (primary N) is 1. The lowest BCUT2D eigenvalue weighted by Gasteiger charge is -2.07. The number of carbonyl (C=O) groups excluding carboxylic acids is 1. The van der Waals surface area contributed by atoms with Crippen molar-refractivity contribution in [2.24, 2.45) is 0 Å². The first-order valence-electron chi connectivity index (χ1n) is 6.97. The van der Waals surface area contributed by atoms with E-state index >= 15 is 0 Å². The lowest BCUT2D eigenvalue weighted by molar-refractivity contribution is -0.112. The standard InChI is InChI=1S/C17H13ClN4O3/c18-14-7-12(20)3-6-15(14)21-9-11(8-19)16(23)22-13-4-1-10(2-5-13)17(24)25/h1-7,9,21H,20H2,(H,22,23)(H,24,25)/b11-9-. The Labute approximate surface area is 148 Å². The van der Waals surface area contributed by atoms with Crippen molar-refractivity contribution in [3.63, 3.8) is 0 Å². The van der Waals surface area contributed by atoms with Gasteiger partial charge in [-0.1, -0.05) is 11.6 Å². The second-order valence-corrected chi connectivity index (χ2v) is 5.30. The highest BCUT2D eigenvalue weighted by atomic mass is 35.5. The zero-order chi connectivity index (χ0) is 18.4. The average Bonchev–Trinajstić information content (AvgIpc) is 2.57. The van der Waals surface area contributed by atoms with Crippen molar-refractivity contribution in [1.29, 1.82) is 5.26 Å². The van der Waals surface area contributed by atoms with Crippen molar-refractivity contribution in [3.05, 3.63) is 64.8 Å². The number of carboxylic acid groups (broad SMARTS) is 1. The summed E-state index contributed by atoms with van der Waals surface area (Å²) < 4.78 is 0. The minimum absolute atomic E-state index is 0.0914. The van der Waals surface area contributed by atoms with Gasteiger partial charge in [-0.05, 0) is 42.5 Å². The number of rotatable bonds is 5. The third kappa shape index (κ3) is 4.73. The second-order valence-electron chi connectivity index (χ2n) is 4.89. The van der Waals surface area contributed by atoms with Gasteiger partial charge < -0.3 is 21.5 Å². The van der Waals surface area contributed by atoms with Crippen LogP contribution in [0.5, 0.6) is 0 Å². The molecule has 0 spiro atoms. The van der Waals surface area contributed by atoms with E-state index in [9.17, 15) is 9.59 Å². The molecule has 0 saturated carbocycles. The number of hydrogen-bond donors (Lipinski definition) is 4. The van der Waals surface area contributed by atoms with Crippen LogP contribution in [0.2, 0.25) is 5.02 Å². The van der Waals surface area contributed by atoms with Crippen LogP contribution in [-0.2, 0) is 4.79 Å². The fraction of sp³-hybridized carbons (Fsp3) is 0. The Balaban J connectivity index is 2.09. The molecule has 0 aromatic heterocycles. The Kier molecular flexibility index (Phi) is 5.61.